The average molecular weight is 304 g/mol. The van der Waals surface area contributed by atoms with Gasteiger partial charge in [0.15, 0.2) is 0 Å². The number of halogens is 1. The lowest BCUT2D eigenvalue weighted by molar-refractivity contribution is -0.123. The van der Waals surface area contributed by atoms with Gasteiger partial charge in [-0.1, -0.05) is 40.2 Å². The van der Waals surface area contributed by atoms with E-state index in [0.717, 1.165) is 15.7 Å². The van der Waals surface area contributed by atoms with E-state index in [2.05, 4.69) is 21.2 Å². The zero-order valence-corrected chi connectivity index (χ0v) is 11.0. The molecule has 1 aliphatic rings. The Morgan fingerprint density at radius 1 is 1.06 bits per heavy atom. The topological polar surface area (TPSA) is 38.3 Å². The number of nitrogens with one attached hydrogen (secondary N) is 1. The summed E-state index contributed by atoms with van der Waals surface area (Å²) in [4.78, 5) is 12.0. The van der Waals surface area contributed by atoms with E-state index in [4.69, 9.17) is 4.74 Å². The highest BCUT2D eigenvalue weighted by molar-refractivity contribution is 9.10. The number of ether oxygens (including phenoxy) is 1. The largest absolute Gasteiger partial charge is 0.474 e. The van der Waals surface area contributed by atoms with Crippen LogP contribution in [0.25, 0.3) is 0 Å². The van der Waals surface area contributed by atoms with E-state index in [9.17, 15) is 4.79 Å². The molecule has 0 saturated heterocycles. The predicted molar refractivity (Wildman–Crippen MR) is 72.6 cm³/mol. The van der Waals surface area contributed by atoms with Gasteiger partial charge in [-0.15, -0.1) is 0 Å². The van der Waals surface area contributed by atoms with Crippen molar-refractivity contribution in [3.8, 4) is 5.75 Å². The second-order valence-corrected chi connectivity index (χ2v) is 4.95. The van der Waals surface area contributed by atoms with Crippen molar-refractivity contribution in [3.05, 3.63) is 58.6 Å². The van der Waals surface area contributed by atoms with Crippen molar-refractivity contribution in [1.29, 1.82) is 0 Å². The van der Waals surface area contributed by atoms with Gasteiger partial charge in [0, 0.05) is 10.0 Å². The Morgan fingerprint density at radius 2 is 1.78 bits per heavy atom. The Bertz CT molecular complexity index is 595. The first kappa shape index (κ1) is 11.3. The molecule has 1 amide bonds. The average Bonchev–Trinajstić information content (AvgIpc) is 2.39. The van der Waals surface area contributed by atoms with Crippen LogP contribution >= 0.6 is 15.9 Å². The Morgan fingerprint density at radius 3 is 2.56 bits per heavy atom. The predicted octanol–water partition coefficient (Wildman–Crippen LogP) is 3.52. The van der Waals surface area contributed by atoms with Crippen LogP contribution in [-0.4, -0.2) is 5.91 Å². The van der Waals surface area contributed by atoms with Gasteiger partial charge in [-0.3, -0.25) is 4.79 Å². The molecule has 1 heterocycles. The first-order chi connectivity index (χ1) is 8.74. The number of benzene rings is 2. The Balaban J connectivity index is 1.95. The third-order valence-corrected chi connectivity index (χ3v) is 3.33. The molecule has 1 aliphatic heterocycles. The SMILES string of the molecule is O=C1Nc2ccccc2OC1c1ccc(Br)cc1. The number of carbonyl (C=O) groups is 1. The molecule has 3 nitrogen and oxygen atoms in total. The van der Waals surface area contributed by atoms with Crippen LogP contribution in [0.15, 0.2) is 53.0 Å². The van der Waals surface area contributed by atoms with Gasteiger partial charge in [-0.2, -0.15) is 0 Å². The number of amides is 1. The molecule has 0 radical (unpaired) electrons. The summed E-state index contributed by atoms with van der Waals surface area (Å²) in [5, 5.41) is 2.85. The number of rotatable bonds is 1. The first-order valence-electron chi connectivity index (χ1n) is 5.56. The summed E-state index contributed by atoms with van der Waals surface area (Å²) < 4.78 is 6.72. The molecule has 0 aromatic heterocycles. The number of hydrogen-bond donors (Lipinski definition) is 1. The van der Waals surface area contributed by atoms with Gasteiger partial charge in [0.25, 0.3) is 5.91 Å². The van der Waals surface area contributed by atoms with Crippen molar-refractivity contribution in [2.45, 2.75) is 6.10 Å². The third kappa shape index (κ3) is 1.99. The molecule has 3 rings (SSSR count). The van der Waals surface area contributed by atoms with E-state index in [-0.39, 0.29) is 5.91 Å². The monoisotopic (exact) mass is 303 g/mol. The van der Waals surface area contributed by atoms with Gasteiger partial charge < -0.3 is 10.1 Å². The molecule has 0 aliphatic carbocycles. The lowest BCUT2D eigenvalue weighted by Crippen LogP contribution is -2.29. The number of hydrogen-bond acceptors (Lipinski definition) is 2. The molecular weight excluding hydrogens is 294 g/mol. The Hall–Kier alpha value is -1.81. The number of anilines is 1. The zero-order valence-electron chi connectivity index (χ0n) is 9.39. The summed E-state index contributed by atoms with van der Waals surface area (Å²) in [7, 11) is 0. The molecule has 0 saturated carbocycles. The second-order valence-electron chi connectivity index (χ2n) is 4.03. The van der Waals surface area contributed by atoms with E-state index in [1.165, 1.54) is 0 Å². The second kappa shape index (κ2) is 4.46. The van der Waals surface area contributed by atoms with E-state index in [0.29, 0.717) is 5.75 Å². The lowest BCUT2D eigenvalue weighted by Gasteiger charge is -2.25. The van der Waals surface area contributed by atoms with Crippen molar-refractivity contribution in [2.24, 2.45) is 0 Å². The smallest absolute Gasteiger partial charge is 0.270 e. The van der Waals surface area contributed by atoms with E-state index >= 15 is 0 Å². The fourth-order valence-corrected chi connectivity index (χ4v) is 2.17. The fraction of sp³-hybridized carbons (Fsp3) is 0.0714. The lowest BCUT2D eigenvalue weighted by atomic mass is 10.1. The maximum atomic E-state index is 12.0. The van der Waals surface area contributed by atoms with Gasteiger partial charge in [0.1, 0.15) is 5.75 Å². The van der Waals surface area contributed by atoms with Crippen LogP contribution in [0.5, 0.6) is 5.75 Å². The van der Waals surface area contributed by atoms with Gasteiger partial charge >= 0.3 is 0 Å². The molecule has 1 unspecified atom stereocenters. The summed E-state index contributed by atoms with van der Waals surface area (Å²) in [5.74, 6) is 0.557. The molecule has 0 fully saturated rings. The normalized spacial score (nSPS) is 17.6. The van der Waals surface area contributed by atoms with Crippen LogP contribution in [0.1, 0.15) is 11.7 Å². The van der Waals surface area contributed by atoms with Crippen LogP contribution in [0.3, 0.4) is 0 Å². The van der Waals surface area contributed by atoms with Crippen LogP contribution in [-0.2, 0) is 4.79 Å². The highest BCUT2D eigenvalue weighted by atomic mass is 79.9. The molecular formula is C14H10BrNO2. The summed E-state index contributed by atoms with van der Waals surface area (Å²) in [5.41, 5.74) is 1.56. The minimum absolute atomic E-state index is 0.143. The summed E-state index contributed by atoms with van der Waals surface area (Å²) in [6.45, 7) is 0. The molecule has 1 atom stereocenters. The van der Waals surface area contributed by atoms with Gasteiger partial charge in [-0.05, 0) is 24.3 Å². The molecule has 90 valence electrons. The van der Waals surface area contributed by atoms with E-state index in [1.807, 2.05) is 48.5 Å². The molecule has 4 heteroatoms. The maximum absolute atomic E-state index is 12.0. The fourth-order valence-electron chi connectivity index (χ4n) is 1.91. The number of para-hydroxylation sites is 2. The Kier molecular flexibility index (Phi) is 2.80. The highest BCUT2D eigenvalue weighted by Crippen LogP contribution is 2.34. The van der Waals surface area contributed by atoms with Crippen LogP contribution in [0, 0.1) is 0 Å². The number of fused-ring (bicyclic) bond motifs is 1. The van der Waals surface area contributed by atoms with Gasteiger partial charge in [-0.25, -0.2) is 0 Å². The zero-order chi connectivity index (χ0) is 12.5. The minimum Gasteiger partial charge on any atom is -0.474 e. The van der Waals surface area contributed by atoms with E-state index < -0.39 is 6.10 Å². The molecule has 2 aromatic rings. The molecule has 0 spiro atoms. The number of carbonyl (C=O) groups excluding carboxylic acids is 1. The standard InChI is InChI=1S/C14H10BrNO2/c15-10-7-5-9(6-8-10)13-14(17)16-11-3-1-2-4-12(11)18-13/h1-8,13H,(H,16,17). The molecule has 0 bridgehead atoms. The summed E-state index contributed by atoms with van der Waals surface area (Å²) in [6.07, 6.45) is -0.590. The Labute approximate surface area is 113 Å². The maximum Gasteiger partial charge on any atom is 0.270 e. The first-order valence-corrected chi connectivity index (χ1v) is 6.35. The van der Waals surface area contributed by atoms with Gasteiger partial charge in [0.05, 0.1) is 5.69 Å². The highest BCUT2D eigenvalue weighted by Gasteiger charge is 2.28. The van der Waals surface area contributed by atoms with Crippen molar-refractivity contribution in [2.75, 3.05) is 5.32 Å². The van der Waals surface area contributed by atoms with Crippen molar-refractivity contribution in [3.63, 3.8) is 0 Å². The van der Waals surface area contributed by atoms with Crippen molar-refractivity contribution < 1.29 is 9.53 Å². The minimum atomic E-state index is -0.590. The van der Waals surface area contributed by atoms with Crippen LogP contribution in [0.2, 0.25) is 0 Å². The van der Waals surface area contributed by atoms with Crippen LogP contribution < -0.4 is 10.1 Å². The third-order valence-electron chi connectivity index (χ3n) is 2.80. The molecule has 2 aromatic carbocycles. The quantitative estimate of drug-likeness (QED) is 0.875. The van der Waals surface area contributed by atoms with Gasteiger partial charge in [0.2, 0.25) is 6.10 Å². The van der Waals surface area contributed by atoms with Crippen molar-refractivity contribution >= 4 is 27.5 Å². The molecule has 1 N–H and O–H groups in total. The van der Waals surface area contributed by atoms with E-state index in [1.54, 1.807) is 0 Å². The molecule has 18 heavy (non-hydrogen) atoms. The summed E-state index contributed by atoms with van der Waals surface area (Å²) in [6, 6.07) is 15.0. The summed E-state index contributed by atoms with van der Waals surface area (Å²) >= 11 is 3.37. The van der Waals surface area contributed by atoms with Crippen LogP contribution in [0.4, 0.5) is 5.69 Å². The van der Waals surface area contributed by atoms with Crippen molar-refractivity contribution in [1.82, 2.24) is 0 Å².